The molecule has 0 saturated carbocycles. The van der Waals surface area contributed by atoms with Crippen LogP contribution >= 0.6 is 0 Å². The number of fused-ring (bicyclic) bond motifs is 4. The van der Waals surface area contributed by atoms with Crippen LogP contribution in [0, 0.1) is 6.92 Å². The minimum atomic E-state index is -0.228. The lowest BCUT2D eigenvalue weighted by atomic mass is 9.90. The number of rotatable bonds is 3. The van der Waals surface area contributed by atoms with E-state index in [9.17, 15) is 4.79 Å². The number of para-hydroxylation sites is 1. The molecule has 0 spiro atoms. The second-order valence-corrected chi connectivity index (χ2v) is 9.08. The Morgan fingerprint density at radius 1 is 1.12 bits per heavy atom. The molecule has 33 heavy (non-hydrogen) atoms. The third-order valence-electron chi connectivity index (χ3n) is 7.18. The lowest BCUT2D eigenvalue weighted by Crippen LogP contribution is -2.41. The van der Waals surface area contributed by atoms with Gasteiger partial charge in [0.25, 0.3) is 5.91 Å². The number of aromatic nitrogens is 2. The molecule has 2 aliphatic rings. The van der Waals surface area contributed by atoms with Crippen molar-refractivity contribution in [2.75, 3.05) is 13.7 Å². The van der Waals surface area contributed by atoms with Crippen LogP contribution in [0.5, 0.6) is 5.75 Å². The van der Waals surface area contributed by atoms with Crippen LogP contribution in [0.3, 0.4) is 0 Å². The maximum atomic E-state index is 13.9. The Morgan fingerprint density at radius 3 is 2.82 bits per heavy atom. The van der Waals surface area contributed by atoms with Gasteiger partial charge in [-0.25, -0.2) is 0 Å². The quantitative estimate of drug-likeness (QED) is 0.478. The van der Waals surface area contributed by atoms with Crippen molar-refractivity contribution in [2.45, 2.75) is 45.1 Å². The molecule has 3 heterocycles. The van der Waals surface area contributed by atoms with E-state index < -0.39 is 0 Å². The molecule has 6 heteroatoms. The van der Waals surface area contributed by atoms with E-state index in [4.69, 9.17) is 9.26 Å². The van der Waals surface area contributed by atoms with Gasteiger partial charge in [-0.2, -0.15) is 0 Å². The van der Waals surface area contributed by atoms with Gasteiger partial charge in [-0.15, -0.1) is 0 Å². The Hall–Kier alpha value is -3.54. The van der Waals surface area contributed by atoms with E-state index in [1.54, 1.807) is 7.11 Å². The van der Waals surface area contributed by atoms with Crippen LogP contribution in [0.15, 0.2) is 47.0 Å². The number of carbonyl (C=O) groups is 1. The molecule has 6 nitrogen and oxygen atoms in total. The first-order valence-corrected chi connectivity index (χ1v) is 11.7. The molecule has 0 saturated heterocycles. The summed E-state index contributed by atoms with van der Waals surface area (Å²) in [5.41, 5.74) is 7.06. The van der Waals surface area contributed by atoms with Crippen molar-refractivity contribution in [3.8, 4) is 5.75 Å². The highest BCUT2D eigenvalue weighted by Crippen LogP contribution is 2.40. The van der Waals surface area contributed by atoms with Crippen LogP contribution in [0.1, 0.15) is 63.1 Å². The molecular weight excluding hydrogens is 414 g/mol. The molecule has 1 N–H and O–H groups in total. The molecule has 1 aliphatic heterocycles. The zero-order valence-electron chi connectivity index (χ0n) is 19.0. The number of hydrogen-bond acceptors (Lipinski definition) is 4. The minimum Gasteiger partial charge on any atom is -0.496 e. The van der Waals surface area contributed by atoms with E-state index in [0.29, 0.717) is 12.2 Å². The number of nitrogens with one attached hydrogen (secondary N) is 1. The topological polar surface area (TPSA) is 71.4 Å². The van der Waals surface area contributed by atoms with Gasteiger partial charge >= 0.3 is 0 Å². The van der Waals surface area contributed by atoms with Gasteiger partial charge in [-0.1, -0.05) is 29.4 Å². The van der Waals surface area contributed by atoms with Crippen LogP contribution in [-0.2, 0) is 19.3 Å². The molecular formula is C27H27N3O3. The van der Waals surface area contributed by atoms with Gasteiger partial charge in [-0.05, 0) is 67.5 Å². The summed E-state index contributed by atoms with van der Waals surface area (Å²) in [6.07, 6.45) is 4.69. The third kappa shape index (κ3) is 3.16. The van der Waals surface area contributed by atoms with Crippen molar-refractivity contribution in [1.29, 1.82) is 0 Å². The molecule has 0 fully saturated rings. The van der Waals surface area contributed by atoms with Crippen LogP contribution in [0.25, 0.3) is 10.9 Å². The summed E-state index contributed by atoms with van der Waals surface area (Å²) in [6.45, 7) is 2.67. The van der Waals surface area contributed by atoms with E-state index in [0.717, 1.165) is 71.5 Å². The van der Waals surface area contributed by atoms with Crippen LogP contribution in [0.2, 0.25) is 0 Å². The first-order valence-electron chi connectivity index (χ1n) is 11.7. The fourth-order valence-electron chi connectivity index (χ4n) is 5.57. The molecule has 1 atom stereocenters. The third-order valence-corrected chi connectivity index (χ3v) is 7.18. The van der Waals surface area contributed by atoms with Crippen molar-refractivity contribution in [2.24, 2.45) is 0 Å². The van der Waals surface area contributed by atoms with Gasteiger partial charge in [0.15, 0.2) is 5.69 Å². The van der Waals surface area contributed by atoms with Gasteiger partial charge in [0.1, 0.15) is 11.5 Å². The van der Waals surface area contributed by atoms with Crippen molar-refractivity contribution >= 4 is 16.8 Å². The largest absolute Gasteiger partial charge is 0.496 e. The summed E-state index contributed by atoms with van der Waals surface area (Å²) in [5, 5.41) is 5.48. The maximum Gasteiger partial charge on any atom is 0.277 e. The summed E-state index contributed by atoms with van der Waals surface area (Å²) < 4.78 is 11.1. The second kappa shape index (κ2) is 7.80. The first kappa shape index (κ1) is 20.1. The molecule has 0 radical (unpaired) electrons. The standard InChI is InChI=1S/C27H27N3O3/c1-16-15-17(11-12-22(16)32-2)26-24-19(18-7-3-5-9-21(18)28-24)13-14-30(26)27(31)25-20-8-4-6-10-23(20)33-29-25/h3,5,7,9,11-12,15,26,28H,4,6,8,10,13-14H2,1-2H3. The monoisotopic (exact) mass is 441 g/mol. The average molecular weight is 442 g/mol. The highest BCUT2D eigenvalue weighted by Gasteiger charge is 2.37. The van der Waals surface area contributed by atoms with Crippen LogP contribution in [0.4, 0.5) is 0 Å². The molecule has 4 aromatic rings. The molecule has 0 bridgehead atoms. The average Bonchev–Trinajstić information content (AvgIpc) is 3.44. The summed E-state index contributed by atoms with van der Waals surface area (Å²) in [6, 6.07) is 14.3. The van der Waals surface area contributed by atoms with Crippen molar-refractivity contribution in [3.05, 3.63) is 81.9 Å². The number of methoxy groups -OCH3 is 1. The molecule has 6 rings (SSSR count). The van der Waals surface area contributed by atoms with Gasteiger partial charge in [-0.3, -0.25) is 4.79 Å². The zero-order valence-corrected chi connectivity index (χ0v) is 19.0. The second-order valence-electron chi connectivity index (χ2n) is 9.08. The number of carbonyl (C=O) groups excluding carboxylic acids is 1. The van der Waals surface area contributed by atoms with Gasteiger partial charge in [0.2, 0.25) is 0 Å². The number of aryl methyl sites for hydroxylation is 2. The van der Waals surface area contributed by atoms with E-state index in [-0.39, 0.29) is 11.9 Å². The molecule has 2 aromatic carbocycles. The summed E-state index contributed by atoms with van der Waals surface area (Å²) >= 11 is 0. The van der Waals surface area contributed by atoms with Gasteiger partial charge in [0.05, 0.1) is 13.2 Å². The van der Waals surface area contributed by atoms with E-state index in [1.165, 1.54) is 10.9 Å². The molecule has 2 aromatic heterocycles. The Morgan fingerprint density at radius 2 is 1.97 bits per heavy atom. The molecule has 1 amide bonds. The predicted octanol–water partition coefficient (Wildman–Crippen LogP) is 5.14. The number of amides is 1. The van der Waals surface area contributed by atoms with Crippen molar-refractivity contribution < 1.29 is 14.1 Å². The zero-order chi connectivity index (χ0) is 22.5. The first-order chi connectivity index (χ1) is 16.2. The number of benzene rings is 2. The van der Waals surface area contributed by atoms with Crippen molar-refractivity contribution in [1.82, 2.24) is 15.0 Å². The highest BCUT2D eigenvalue weighted by atomic mass is 16.5. The Kier molecular flexibility index (Phi) is 4.75. The van der Waals surface area contributed by atoms with Gasteiger partial charge < -0.3 is 19.1 Å². The van der Waals surface area contributed by atoms with Crippen LogP contribution < -0.4 is 4.74 Å². The maximum absolute atomic E-state index is 13.9. The Balaban J connectivity index is 1.49. The normalized spacial score (nSPS) is 17.6. The number of aromatic amines is 1. The minimum absolute atomic E-state index is 0.0512. The van der Waals surface area contributed by atoms with Gasteiger partial charge in [0, 0.05) is 35.1 Å². The number of H-pyrrole nitrogens is 1. The molecule has 168 valence electrons. The number of ether oxygens (including phenoxy) is 1. The summed E-state index contributed by atoms with van der Waals surface area (Å²) in [5.74, 6) is 1.67. The fourth-order valence-corrected chi connectivity index (χ4v) is 5.57. The van der Waals surface area contributed by atoms with E-state index in [2.05, 4.69) is 40.5 Å². The number of nitrogens with zero attached hydrogens (tertiary/aromatic N) is 2. The molecule has 1 aliphatic carbocycles. The fraction of sp³-hybridized carbons (Fsp3) is 0.333. The van der Waals surface area contributed by atoms with Crippen molar-refractivity contribution in [3.63, 3.8) is 0 Å². The smallest absolute Gasteiger partial charge is 0.277 e. The van der Waals surface area contributed by atoms with E-state index in [1.807, 2.05) is 24.0 Å². The predicted molar refractivity (Wildman–Crippen MR) is 126 cm³/mol. The lowest BCUT2D eigenvalue weighted by Gasteiger charge is -2.36. The van der Waals surface area contributed by atoms with Crippen LogP contribution in [-0.4, -0.2) is 34.6 Å². The summed E-state index contributed by atoms with van der Waals surface area (Å²) in [4.78, 5) is 19.5. The highest BCUT2D eigenvalue weighted by molar-refractivity contribution is 5.95. The van der Waals surface area contributed by atoms with E-state index >= 15 is 0 Å². The molecule has 1 unspecified atom stereocenters. The Labute approximate surface area is 192 Å². The summed E-state index contributed by atoms with van der Waals surface area (Å²) in [7, 11) is 1.68. The Bertz CT molecular complexity index is 1370. The lowest BCUT2D eigenvalue weighted by molar-refractivity contribution is 0.0680. The number of hydrogen-bond donors (Lipinski definition) is 1. The SMILES string of the molecule is COc1ccc(C2c3[nH]c4ccccc4c3CCN2C(=O)c2noc3c2CCCC3)cc1C.